The number of nitrogens with one attached hydrogen (secondary N) is 1. The number of benzene rings is 2. The van der Waals surface area contributed by atoms with E-state index in [-0.39, 0.29) is 31.3 Å². The number of carboxylic acid groups (broad SMARTS) is 1. The SMILES string of the molecule is CCCC1CCCN(C(=O)C(CCC(=O)O)NC(=O)OCC2c3ccccc3-c3ccccc32)C1. The second-order valence-corrected chi connectivity index (χ2v) is 9.54. The predicted molar refractivity (Wildman–Crippen MR) is 133 cm³/mol. The fourth-order valence-corrected chi connectivity index (χ4v) is 5.44. The van der Waals surface area contributed by atoms with Crippen LogP contribution >= 0.6 is 0 Å². The van der Waals surface area contributed by atoms with Crippen molar-refractivity contribution in [1.82, 2.24) is 10.2 Å². The minimum absolute atomic E-state index is 0.0350. The van der Waals surface area contributed by atoms with Gasteiger partial charge in [0.25, 0.3) is 0 Å². The van der Waals surface area contributed by atoms with Gasteiger partial charge in [-0.25, -0.2) is 4.79 Å². The first-order valence-electron chi connectivity index (χ1n) is 12.6. The molecular weight excluding hydrogens is 444 g/mol. The first-order valence-corrected chi connectivity index (χ1v) is 12.6. The van der Waals surface area contributed by atoms with Crippen LogP contribution in [0.25, 0.3) is 11.1 Å². The number of carbonyl (C=O) groups excluding carboxylic acids is 2. The minimum Gasteiger partial charge on any atom is -0.481 e. The normalized spacial score (nSPS) is 17.9. The second kappa shape index (κ2) is 11.4. The van der Waals surface area contributed by atoms with Gasteiger partial charge < -0.3 is 20.1 Å². The molecule has 2 aromatic rings. The number of aliphatic carboxylic acids is 1. The van der Waals surface area contributed by atoms with Crippen molar-refractivity contribution in [2.24, 2.45) is 5.92 Å². The Labute approximate surface area is 206 Å². The van der Waals surface area contributed by atoms with Gasteiger partial charge in [0.15, 0.2) is 0 Å². The van der Waals surface area contributed by atoms with Gasteiger partial charge in [-0.15, -0.1) is 0 Å². The highest BCUT2D eigenvalue weighted by Gasteiger charge is 2.32. The maximum Gasteiger partial charge on any atom is 0.407 e. The molecule has 7 heteroatoms. The van der Waals surface area contributed by atoms with Crippen LogP contribution in [0.15, 0.2) is 48.5 Å². The summed E-state index contributed by atoms with van der Waals surface area (Å²) in [6.07, 6.45) is 3.28. The molecule has 4 rings (SSSR count). The summed E-state index contributed by atoms with van der Waals surface area (Å²) in [6, 6.07) is 15.3. The molecule has 0 saturated carbocycles. The Kier molecular flexibility index (Phi) is 8.06. The fraction of sp³-hybridized carbons (Fsp3) is 0.464. The van der Waals surface area contributed by atoms with Gasteiger partial charge in [0.1, 0.15) is 12.6 Å². The number of piperidine rings is 1. The molecule has 2 unspecified atom stereocenters. The summed E-state index contributed by atoms with van der Waals surface area (Å²) < 4.78 is 5.61. The van der Waals surface area contributed by atoms with Crippen molar-refractivity contribution in [3.05, 3.63) is 59.7 Å². The molecule has 0 radical (unpaired) electrons. The van der Waals surface area contributed by atoms with Gasteiger partial charge in [-0.3, -0.25) is 9.59 Å². The van der Waals surface area contributed by atoms with E-state index in [1.807, 2.05) is 36.4 Å². The molecule has 0 aromatic heterocycles. The van der Waals surface area contributed by atoms with E-state index in [1.54, 1.807) is 4.90 Å². The molecule has 1 fully saturated rings. The summed E-state index contributed by atoms with van der Waals surface area (Å²) >= 11 is 0. The first-order chi connectivity index (χ1) is 17.0. The van der Waals surface area contributed by atoms with Crippen LogP contribution in [0.5, 0.6) is 0 Å². The van der Waals surface area contributed by atoms with Crippen LogP contribution in [0.3, 0.4) is 0 Å². The lowest BCUT2D eigenvalue weighted by atomic mass is 9.93. The number of carboxylic acids is 1. The zero-order valence-corrected chi connectivity index (χ0v) is 20.2. The average Bonchev–Trinajstić information content (AvgIpc) is 3.19. The third-order valence-electron chi connectivity index (χ3n) is 7.11. The smallest absolute Gasteiger partial charge is 0.407 e. The highest BCUT2D eigenvalue weighted by Crippen LogP contribution is 2.44. The summed E-state index contributed by atoms with van der Waals surface area (Å²) in [5.74, 6) is -0.856. The number of hydrogen-bond donors (Lipinski definition) is 2. The van der Waals surface area contributed by atoms with E-state index in [2.05, 4.69) is 24.4 Å². The van der Waals surface area contributed by atoms with Crippen LogP contribution in [-0.2, 0) is 14.3 Å². The lowest BCUT2D eigenvalue weighted by Gasteiger charge is -2.35. The second-order valence-electron chi connectivity index (χ2n) is 9.54. The zero-order chi connectivity index (χ0) is 24.8. The van der Waals surface area contributed by atoms with Gasteiger partial charge in [0, 0.05) is 25.4 Å². The molecule has 1 aliphatic carbocycles. The van der Waals surface area contributed by atoms with Crippen LogP contribution in [0.1, 0.15) is 62.5 Å². The Morgan fingerprint density at radius 2 is 1.74 bits per heavy atom. The van der Waals surface area contributed by atoms with Gasteiger partial charge in [0.05, 0.1) is 0 Å². The largest absolute Gasteiger partial charge is 0.481 e. The van der Waals surface area contributed by atoms with E-state index in [0.29, 0.717) is 19.0 Å². The quantitative estimate of drug-likeness (QED) is 0.540. The number of alkyl carbamates (subject to hydrolysis) is 1. The molecule has 0 spiro atoms. The maximum absolute atomic E-state index is 13.2. The highest BCUT2D eigenvalue weighted by molar-refractivity contribution is 5.86. The number of nitrogens with zero attached hydrogens (tertiary/aromatic N) is 1. The van der Waals surface area contributed by atoms with Gasteiger partial charge >= 0.3 is 12.1 Å². The predicted octanol–water partition coefficient (Wildman–Crippen LogP) is 4.80. The van der Waals surface area contributed by atoms with Crippen LogP contribution < -0.4 is 5.32 Å². The molecule has 1 heterocycles. The number of ether oxygens (including phenoxy) is 1. The zero-order valence-electron chi connectivity index (χ0n) is 20.2. The standard InChI is InChI=1S/C28H34N2O5/c1-2-8-19-9-7-16-30(17-19)27(33)25(14-15-26(31)32)29-28(34)35-18-24-22-12-5-3-10-20(22)21-11-4-6-13-23(21)24/h3-6,10-13,19,24-25H,2,7-9,14-18H2,1H3,(H,29,34)(H,31,32). The Morgan fingerprint density at radius 1 is 1.09 bits per heavy atom. The van der Waals surface area contributed by atoms with Crippen molar-refractivity contribution in [2.45, 2.75) is 57.4 Å². The fourth-order valence-electron chi connectivity index (χ4n) is 5.44. The number of amides is 2. The number of likely N-dealkylation sites (tertiary alicyclic amines) is 1. The molecule has 1 saturated heterocycles. The molecule has 2 amide bonds. The Hall–Kier alpha value is -3.35. The summed E-state index contributed by atoms with van der Waals surface area (Å²) in [4.78, 5) is 39.0. The van der Waals surface area contributed by atoms with Gasteiger partial charge in [-0.1, -0.05) is 61.9 Å². The third kappa shape index (κ3) is 5.84. The Bertz CT molecular complexity index is 1020. The van der Waals surface area contributed by atoms with E-state index in [0.717, 1.165) is 47.9 Å². The van der Waals surface area contributed by atoms with Crippen LogP contribution in [-0.4, -0.2) is 53.7 Å². The van der Waals surface area contributed by atoms with Crippen LogP contribution in [0, 0.1) is 5.92 Å². The maximum atomic E-state index is 13.2. The lowest BCUT2D eigenvalue weighted by molar-refractivity contribution is -0.138. The molecule has 186 valence electrons. The van der Waals surface area contributed by atoms with Crippen LogP contribution in [0.2, 0.25) is 0 Å². The van der Waals surface area contributed by atoms with E-state index >= 15 is 0 Å². The number of carbonyl (C=O) groups is 3. The topological polar surface area (TPSA) is 95.9 Å². The lowest BCUT2D eigenvalue weighted by Crippen LogP contribution is -2.51. The Balaban J connectivity index is 1.41. The average molecular weight is 479 g/mol. The molecule has 1 aliphatic heterocycles. The van der Waals surface area contributed by atoms with Crippen LogP contribution in [0.4, 0.5) is 4.79 Å². The van der Waals surface area contributed by atoms with E-state index in [9.17, 15) is 14.4 Å². The van der Waals surface area contributed by atoms with E-state index in [4.69, 9.17) is 9.84 Å². The van der Waals surface area contributed by atoms with Crippen molar-refractivity contribution in [2.75, 3.05) is 19.7 Å². The van der Waals surface area contributed by atoms with Gasteiger partial charge in [-0.2, -0.15) is 0 Å². The van der Waals surface area contributed by atoms with Crippen molar-refractivity contribution in [1.29, 1.82) is 0 Å². The summed E-state index contributed by atoms with van der Waals surface area (Å²) in [5, 5.41) is 11.8. The Morgan fingerprint density at radius 3 is 2.37 bits per heavy atom. The molecule has 2 N–H and O–H groups in total. The molecule has 35 heavy (non-hydrogen) atoms. The number of fused-ring (bicyclic) bond motifs is 3. The van der Waals surface area contributed by atoms with Crippen molar-refractivity contribution < 1.29 is 24.2 Å². The van der Waals surface area contributed by atoms with Gasteiger partial charge in [0.2, 0.25) is 5.91 Å². The van der Waals surface area contributed by atoms with E-state index in [1.165, 1.54) is 0 Å². The number of hydrogen-bond acceptors (Lipinski definition) is 4. The third-order valence-corrected chi connectivity index (χ3v) is 7.11. The monoisotopic (exact) mass is 478 g/mol. The first kappa shape index (κ1) is 24.8. The summed E-state index contributed by atoms with van der Waals surface area (Å²) in [7, 11) is 0. The molecule has 2 atom stereocenters. The van der Waals surface area contributed by atoms with E-state index < -0.39 is 18.1 Å². The molecule has 7 nitrogen and oxygen atoms in total. The number of rotatable bonds is 9. The van der Waals surface area contributed by atoms with Crippen molar-refractivity contribution >= 4 is 18.0 Å². The molecule has 2 aliphatic rings. The van der Waals surface area contributed by atoms with Crippen molar-refractivity contribution in [3.8, 4) is 11.1 Å². The van der Waals surface area contributed by atoms with Crippen molar-refractivity contribution in [3.63, 3.8) is 0 Å². The highest BCUT2D eigenvalue weighted by atomic mass is 16.5. The molecule has 2 aromatic carbocycles. The minimum atomic E-state index is -1.00. The summed E-state index contributed by atoms with van der Waals surface area (Å²) in [5.41, 5.74) is 4.49. The molecular formula is C28H34N2O5. The van der Waals surface area contributed by atoms with Gasteiger partial charge in [-0.05, 0) is 53.9 Å². The molecule has 0 bridgehead atoms. The summed E-state index contributed by atoms with van der Waals surface area (Å²) in [6.45, 7) is 3.56.